The highest BCUT2D eigenvalue weighted by Gasteiger charge is 2.51. The van der Waals surface area contributed by atoms with Crippen molar-refractivity contribution >= 4 is 47.6 Å². The predicted molar refractivity (Wildman–Crippen MR) is 131 cm³/mol. The SMILES string of the molecule is CC1(C)OB(c2cncc(Cl)c2)OC1(C)C.CC1CC=C(c2cncc(Cl)c2)N(C(=O)O)C1. The number of hydrogen-bond acceptors (Lipinski definition) is 5. The lowest BCUT2D eigenvalue weighted by Gasteiger charge is -2.32. The van der Waals surface area contributed by atoms with E-state index in [-0.39, 0.29) is 11.2 Å². The summed E-state index contributed by atoms with van der Waals surface area (Å²) in [7, 11) is -0.392. The minimum atomic E-state index is -0.942. The topological polar surface area (TPSA) is 84.8 Å². The Balaban J connectivity index is 0.000000186. The first-order valence-electron chi connectivity index (χ1n) is 10.7. The van der Waals surface area contributed by atoms with E-state index in [2.05, 4.69) is 9.97 Å². The average molecular weight is 492 g/mol. The first kappa shape index (κ1) is 25.5. The summed E-state index contributed by atoms with van der Waals surface area (Å²) >= 11 is 11.8. The molecule has 0 aromatic carbocycles. The predicted octanol–water partition coefficient (Wildman–Crippen LogP) is 5.13. The van der Waals surface area contributed by atoms with Gasteiger partial charge in [-0.2, -0.15) is 0 Å². The summed E-state index contributed by atoms with van der Waals surface area (Å²) in [6.07, 6.45) is 8.32. The molecule has 1 fully saturated rings. The van der Waals surface area contributed by atoms with Crippen LogP contribution in [0.4, 0.5) is 4.79 Å². The molecule has 4 heterocycles. The van der Waals surface area contributed by atoms with Crippen LogP contribution in [0.15, 0.2) is 43.0 Å². The van der Waals surface area contributed by atoms with Gasteiger partial charge in [-0.25, -0.2) is 4.79 Å². The third-order valence-electron chi connectivity index (χ3n) is 5.98. The molecule has 33 heavy (non-hydrogen) atoms. The fourth-order valence-corrected chi connectivity index (χ4v) is 3.81. The van der Waals surface area contributed by atoms with Gasteiger partial charge >= 0.3 is 13.2 Å². The highest BCUT2D eigenvalue weighted by atomic mass is 35.5. The van der Waals surface area contributed by atoms with E-state index in [9.17, 15) is 9.90 Å². The molecule has 1 amide bonds. The number of aromatic nitrogens is 2. The molecule has 2 aliphatic rings. The van der Waals surface area contributed by atoms with Gasteiger partial charge in [-0.15, -0.1) is 0 Å². The zero-order valence-electron chi connectivity index (χ0n) is 19.4. The number of carbonyl (C=O) groups is 1. The number of halogens is 2. The Hall–Kier alpha value is -2.13. The van der Waals surface area contributed by atoms with E-state index in [4.69, 9.17) is 32.5 Å². The molecule has 0 bridgehead atoms. The fraction of sp³-hybridized carbons (Fsp3) is 0.435. The first-order chi connectivity index (χ1) is 15.4. The molecule has 1 N–H and O–H groups in total. The number of hydrogen-bond donors (Lipinski definition) is 1. The van der Waals surface area contributed by atoms with Crippen LogP contribution in [0.2, 0.25) is 10.0 Å². The van der Waals surface area contributed by atoms with Gasteiger partial charge in [0.15, 0.2) is 0 Å². The molecule has 2 aromatic rings. The molecule has 2 aliphatic heterocycles. The van der Waals surface area contributed by atoms with Crippen LogP contribution >= 0.6 is 23.2 Å². The van der Waals surface area contributed by atoms with E-state index in [1.165, 1.54) is 11.1 Å². The third-order valence-corrected chi connectivity index (χ3v) is 6.39. The zero-order chi connectivity index (χ0) is 24.4. The molecule has 7 nitrogen and oxygen atoms in total. The number of nitrogens with zero attached hydrogens (tertiary/aromatic N) is 3. The smallest absolute Gasteiger partial charge is 0.465 e. The second-order valence-corrected chi connectivity index (χ2v) is 10.1. The molecular formula is C23H28BCl2N3O4. The molecule has 0 spiro atoms. The summed E-state index contributed by atoms with van der Waals surface area (Å²) in [6, 6.07) is 3.54. The van der Waals surface area contributed by atoms with Crippen molar-refractivity contribution in [3.8, 4) is 0 Å². The van der Waals surface area contributed by atoms with Gasteiger partial charge in [0.2, 0.25) is 0 Å². The molecular weight excluding hydrogens is 464 g/mol. The molecule has 176 valence electrons. The van der Waals surface area contributed by atoms with Crippen molar-refractivity contribution in [3.63, 3.8) is 0 Å². The first-order valence-corrected chi connectivity index (χ1v) is 11.4. The molecule has 1 unspecified atom stereocenters. The fourth-order valence-electron chi connectivity index (χ4n) is 3.45. The van der Waals surface area contributed by atoms with Crippen molar-refractivity contribution in [1.82, 2.24) is 14.9 Å². The summed E-state index contributed by atoms with van der Waals surface area (Å²) < 4.78 is 11.8. The molecule has 0 radical (unpaired) electrons. The molecule has 2 aromatic heterocycles. The van der Waals surface area contributed by atoms with Crippen molar-refractivity contribution in [2.75, 3.05) is 6.54 Å². The quantitative estimate of drug-likeness (QED) is 0.586. The maximum absolute atomic E-state index is 11.2. The van der Waals surface area contributed by atoms with Crippen LogP contribution in [0.5, 0.6) is 0 Å². The van der Waals surface area contributed by atoms with E-state index >= 15 is 0 Å². The van der Waals surface area contributed by atoms with Gasteiger partial charge in [0.1, 0.15) is 0 Å². The van der Waals surface area contributed by atoms with Crippen LogP contribution in [0.1, 0.15) is 46.6 Å². The number of pyridine rings is 2. The zero-order valence-corrected chi connectivity index (χ0v) is 20.9. The van der Waals surface area contributed by atoms with Crippen LogP contribution in [0, 0.1) is 5.92 Å². The van der Waals surface area contributed by atoms with Crippen molar-refractivity contribution in [1.29, 1.82) is 0 Å². The Bertz CT molecular complexity index is 1030. The Morgan fingerprint density at radius 2 is 1.64 bits per heavy atom. The lowest BCUT2D eigenvalue weighted by Crippen LogP contribution is -2.41. The van der Waals surface area contributed by atoms with Crippen LogP contribution in [-0.2, 0) is 9.31 Å². The molecule has 1 atom stereocenters. The van der Waals surface area contributed by atoms with E-state index in [1.54, 1.807) is 24.7 Å². The van der Waals surface area contributed by atoms with Crippen molar-refractivity contribution in [3.05, 3.63) is 58.6 Å². The van der Waals surface area contributed by atoms with E-state index < -0.39 is 13.2 Å². The number of rotatable bonds is 2. The number of carboxylic acid groups (broad SMARTS) is 1. The van der Waals surface area contributed by atoms with Gasteiger partial charge < -0.3 is 14.4 Å². The van der Waals surface area contributed by atoms with Gasteiger partial charge in [-0.05, 0) is 52.2 Å². The van der Waals surface area contributed by atoms with Crippen LogP contribution in [-0.4, -0.2) is 50.9 Å². The van der Waals surface area contributed by atoms with Gasteiger partial charge in [0, 0.05) is 42.4 Å². The number of allylic oxidation sites excluding steroid dienone is 1. The van der Waals surface area contributed by atoms with Crippen molar-refractivity contribution < 1.29 is 19.2 Å². The minimum absolute atomic E-state index is 0.333. The van der Waals surface area contributed by atoms with E-state index in [0.717, 1.165) is 17.4 Å². The summed E-state index contributed by atoms with van der Waals surface area (Å²) in [5.74, 6) is 0.335. The minimum Gasteiger partial charge on any atom is -0.465 e. The maximum atomic E-state index is 11.2. The van der Waals surface area contributed by atoms with Crippen molar-refractivity contribution in [2.45, 2.75) is 52.2 Å². The van der Waals surface area contributed by atoms with Gasteiger partial charge in [-0.1, -0.05) is 36.2 Å². The second-order valence-electron chi connectivity index (χ2n) is 9.24. The molecule has 4 rings (SSSR count). The van der Waals surface area contributed by atoms with Gasteiger partial charge in [0.05, 0.1) is 26.9 Å². The summed E-state index contributed by atoms with van der Waals surface area (Å²) in [5.41, 5.74) is 1.60. The number of amides is 1. The Kier molecular flexibility index (Phi) is 7.74. The Morgan fingerprint density at radius 3 is 2.18 bits per heavy atom. The lowest BCUT2D eigenvalue weighted by molar-refractivity contribution is 0.00578. The van der Waals surface area contributed by atoms with Gasteiger partial charge in [0.25, 0.3) is 0 Å². The Labute approximate surface area is 204 Å². The molecule has 0 aliphatic carbocycles. The monoisotopic (exact) mass is 491 g/mol. The highest BCUT2D eigenvalue weighted by Crippen LogP contribution is 2.36. The standard InChI is InChI=1S/C12H13ClN2O2.C11H15BClNO2/c1-8-2-3-11(15(7-8)12(16)17)9-4-10(13)6-14-5-9;1-10(2)11(3,4)16-12(15-10)8-5-9(13)7-14-6-8/h3-6,8H,2,7H2,1H3,(H,16,17);5-7H,1-4H3. The normalized spacial score (nSPS) is 21.2. The van der Waals surface area contributed by atoms with Gasteiger partial charge in [-0.3, -0.25) is 14.9 Å². The van der Waals surface area contributed by atoms with Crippen LogP contribution < -0.4 is 5.46 Å². The molecule has 10 heteroatoms. The molecule has 1 saturated heterocycles. The second kappa shape index (κ2) is 10.0. The summed E-state index contributed by atoms with van der Waals surface area (Å²) in [4.78, 5) is 20.6. The lowest BCUT2D eigenvalue weighted by atomic mass is 9.80. The average Bonchev–Trinajstić information content (AvgIpc) is 2.95. The van der Waals surface area contributed by atoms with Crippen molar-refractivity contribution in [2.24, 2.45) is 5.92 Å². The Morgan fingerprint density at radius 1 is 1.06 bits per heavy atom. The van der Waals surface area contributed by atoms with Crippen LogP contribution in [0.3, 0.4) is 0 Å². The van der Waals surface area contributed by atoms with E-state index in [1.807, 2.05) is 46.8 Å². The largest absolute Gasteiger partial charge is 0.496 e. The molecule has 0 saturated carbocycles. The van der Waals surface area contributed by atoms with E-state index in [0.29, 0.717) is 28.2 Å². The summed E-state index contributed by atoms with van der Waals surface area (Å²) in [6.45, 7) is 10.6. The third kappa shape index (κ3) is 6.06. The van der Waals surface area contributed by atoms with Crippen LogP contribution in [0.25, 0.3) is 5.70 Å². The maximum Gasteiger partial charge on any atom is 0.496 e. The summed E-state index contributed by atoms with van der Waals surface area (Å²) in [5, 5.41) is 10.3. The highest BCUT2D eigenvalue weighted by molar-refractivity contribution is 6.62.